The Morgan fingerprint density at radius 3 is 2.75 bits per heavy atom. The molecule has 20 heavy (non-hydrogen) atoms. The third-order valence-electron chi connectivity index (χ3n) is 5.83. The Bertz CT molecular complexity index is 622. The van der Waals surface area contributed by atoms with Gasteiger partial charge in [-0.3, -0.25) is 0 Å². The van der Waals surface area contributed by atoms with Gasteiger partial charge in [-0.1, -0.05) is 32.9 Å². The molecule has 1 heterocycles. The second-order valence-electron chi connectivity index (χ2n) is 7.48. The van der Waals surface area contributed by atoms with Crippen LogP contribution < -0.4 is 5.32 Å². The predicted molar refractivity (Wildman–Crippen MR) is 80.6 cm³/mol. The molecule has 2 aromatic rings. The van der Waals surface area contributed by atoms with Crippen LogP contribution in [0.4, 0.5) is 6.01 Å². The van der Waals surface area contributed by atoms with Gasteiger partial charge in [0.2, 0.25) is 0 Å². The lowest BCUT2D eigenvalue weighted by atomic mass is 9.68. The van der Waals surface area contributed by atoms with E-state index < -0.39 is 0 Å². The van der Waals surface area contributed by atoms with E-state index in [-0.39, 0.29) is 0 Å². The van der Waals surface area contributed by atoms with Gasteiger partial charge < -0.3 is 9.73 Å². The summed E-state index contributed by atoms with van der Waals surface area (Å²) in [6.07, 6.45) is 4.02. The van der Waals surface area contributed by atoms with Crippen molar-refractivity contribution in [3.05, 3.63) is 24.3 Å². The number of fused-ring (bicyclic) bond motifs is 3. The Kier molecular flexibility index (Phi) is 2.31. The van der Waals surface area contributed by atoms with Crippen LogP contribution in [0.2, 0.25) is 0 Å². The Morgan fingerprint density at radius 2 is 2.05 bits per heavy atom. The van der Waals surface area contributed by atoms with E-state index in [1.54, 1.807) is 0 Å². The topological polar surface area (TPSA) is 38.1 Å². The number of anilines is 1. The molecule has 3 heteroatoms. The zero-order chi connectivity index (χ0) is 14.0. The van der Waals surface area contributed by atoms with Crippen molar-refractivity contribution >= 4 is 17.1 Å². The van der Waals surface area contributed by atoms with Crippen LogP contribution in [-0.4, -0.2) is 11.0 Å². The van der Waals surface area contributed by atoms with Gasteiger partial charge in [0.05, 0.1) is 0 Å². The minimum atomic E-state index is 0.313. The highest BCUT2D eigenvalue weighted by atomic mass is 16.4. The van der Waals surface area contributed by atoms with Crippen LogP contribution in [0.5, 0.6) is 0 Å². The van der Waals surface area contributed by atoms with E-state index in [1.807, 2.05) is 24.3 Å². The lowest BCUT2D eigenvalue weighted by molar-refractivity contribution is 0.153. The van der Waals surface area contributed by atoms with Gasteiger partial charge in [-0.2, -0.15) is 4.98 Å². The highest BCUT2D eigenvalue weighted by Crippen LogP contribution is 2.63. The second kappa shape index (κ2) is 3.78. The molecule has 0 spiro atoms. The molecular formula is C17H22N2O. The van der Waals surface area contributed by atoms with Crippen molar-refractivity contribution in [2.24, 2.45) is 16.7 Å². The average molecular weight is 270 g/mol. The molecule has 0 radical (unpaired) electrons. The number of benzene rings is 1. The predicted octanol–water partition coefficient (Wildman–Crippen LogP) is 4.45. The summed E-state index contributed by atoms with van der Waals surface area (Å²) >= 11 is 0. The summed E-state index contributed by atoms with van der Waals surface area (Å²) in [7, 11) is 0. The Morgan fingerprint density at radius 1 is 1.25 bits per heavy atom. The SMILES string of the molecule is CC12CCC(C1)C(C)(C)C2Nc1nc2ccccc2o1. The average Bonchev–Trinajstić information content (AvgIpc) is 3.03. The van der Waals surface area contributed by atoms with Gasteiger partial charge in [0.15, 0.2) is 5.58 Å². The normalized spacial score (nSPS) is 34.8. The molecule has 1 N–H and O–H groups in total. The molecule has 3 unspecified atom stereocenters. The summed E-state index contributed by atoms with van der Waals surface area (Å²) < 4.78 is 5.85. The fraction of sp³-hybridized carbons (Fsp3) is 0.588. The van der Waals surface area contributed by atoms with Crippen molar-refractivity contribution in [2.75, 3.05) is 5.32 Å². The number of para-hydroxylation sites is 2. The second-order valence-corrected chi connectivity index (χ2v) is 7.48. The molecule has 4 rings (SSSR count). The van der Waals surface area contributed by atoms with Crippen molar-refractivity contribution in [2.45, 2.75) is 46.1 Å². The van der Waals surface area contributed by atoms with Gasteiger partial charge in [0.1, 0.15) is 5.52 Å². The van der Waals surface area contributed by atoms with Crippen LogP contribution in [0.25, 0.3) is 11.1 Å². The van der Waals surface area contributed by atoms with Crippen molar-refractivity contribution in [1.82, 2.24) is 4.98 Å². The number of oxazole rings is 1. The maximum atomic E-state index is 5.85. The van der Waals surface area contributed by atoms with Gasteiger partial charge in [-0.15, -0.1) is 0 Å². The Labute approximate surface area is 119 Å². The van der Waals surface area contributed by atoms with E-state index in [0.29, 0.717) is 22.9 Å². The highest BCUT2D eigenvalue weighted by molar-refractivity contribution is 5.74. The zero-order valence-electron chi connectivity index (χ0n) is 12.4. The Hall–Kier alpha value is -1.51. The summed E-state index contributed by atoms with van der Waals surface area (Å²) in [4.78, 5) is 4.58. The fourth-order valence-corrected chi connectivity index (χ4v) is 4.72. The van der Waals surface area contributed by atoms with Crippen LogP contribution >= 0.6 is 0 Å². The number of aromatic nitrogens is 1. The maximum Gasteiger partial charge on any atom is 0.295 e. The van der Waals surface area contributed by atoms with E-state index in [2.05, 4.69) is 31.1 Å². The molecule has 2 bridgehead atoms. The van der Waals surface area contributed by atoms with E-state index in [4.69, 9.17) is 4.42 Å². The van der Waals surface area contributed by atoms with Crippen LogP contribution in [0.3, 0.4) is 0 Å². The molecule has 0 amide bonds. The lowest BCUT2D eigenvalue weighted by Gasteiger charge is -2.42. The molecule has 3 nitrogen and oxygen atoms in total. The van der Waals surface area contributed by atoms with Crippen molar-refractivity contribution in [1.29, 1.82) is 0 Å². The summed E-state index contributed by atoms with van der Waals surface area (Å²) in [5.41, 5.74) is 2.49. The molecule has 1 aromatic carbocycles. The fourth-order valence-electron chi connectivity index (χ4n) is 4.72. The zero-order valence-corrected chi connectivity index (χ0v) is 12.4. The van der Waals surface area contributed by atoms with Crippen LogP contribution in [0.1, 0.15) is 40.0 Å². The number of nitrogens with zero attached hydrogens (tertiary/aromatic N) is 1. The van der Waals surface area contributed by atoms with E-state index >= 15 is 0 Å². The third-order valence-corrected chi connectivity index (χ3v) is 5.83. The van der Waals surface area contributed by atoms with Crippen molar-refractivity contribution in [3.8, 4) is 0 Å². The third kappa shape index (κ3) is 1.55. The van der Waals surface area contributed by atoms with Gasteiger partial charge in [0.25, 0.3) is 6.01 Å². The number of hydrogen-bond donors (Lipinski definition) is 1. The van der Waals surface area contributed by atoms with Crippen LogP contribution in [0, 0.1) is 16.7 Å². The van der Waals surface area contributed by atoms with Gasteiger partial charge >= 0.3 is 0 Å². The van der Waals surface area contributed by atoms with E-state index in [0.717, 1.165) is 17.0 Å². The summed E-state index contributed by atoms with van der Waals surface area (Å²) in [5, 5.41) is 3.61. The Balaban J connectivity index is 1.68. The van der Waals surface area contributed by atoms with E-state index in [1.165, 1.54) is 19.3 Å². The minimum absolute atomic E-state index is 0.313. The first-order valence-electron chi connectivity index (χ1n) is 7.61. The van der Waals surface area contributed by atoms with Gasteiger partial charge in [-0.25, -0.2) is 0 Å². The molecule has 1 aromatic heterocycles. The molecule has 2 saturated carbocycles. The van der Waals surface area contributed by atoms with Crippen LogP contribution in [-0.2, 0) is 0 Å². The summed E-state index contributed by atoms with van der Waals surface area (Å²) in [6.45, 7) is 7.20. The summed E-state index contributed by atoms with van der Waals surface area (Å²) in [6, 6.07) is 9.08. The van der Waals surface area contributed by atoms with Crippen molar-refractivity contribution < 1.29 is 4.42 Å². The first kappa shape index (κ1) is 12.2. The van der Waals surface area contributed by atoms with E-state index in [9.17, 15) is 0 Å². The molecule has 2 aliphatic carbocycles. The number of nitrogens with one attached hydrogen (secondary N) is 1. The van der Waals surface area contributed by atoms with Gasteiger partial charge in [-0.05, 0) is 48.1 Å². The maximum absolute atomic E-state index is 5.85. The smallest absolute Gasteiger partial charge is 0.295 e. The molecule has 106 valence electrons. The minimum Gasteiger partial charge on any atom is -0.424 e. The number of rotatable bonds is 2. The van der Waals surface area contributed by atoms with Gasteiger partial charge in [0, 0.05) is 6.04 Å². The monoisotopic (exact) mass is 270 g/mol. The quantitative estimate of drug-likeness (QED) is 0.875. The first-order valence-corrected chi connectivity index (χ1v) is 7.61. The lowest BCUT2D eigenvalue weighted by Crippen LogP contribution is -2.45. The molecule has 0 saturated heterocycles. The molecule has 3 atom stereocenters. The summed E-state index contributed by atoms with van der Waals surface area (Å²) in [5.74, 6) is 0.828. The van der Waals surface area contributed by atoms with Crippen LogP contribution in [0.15, 0.2) is 28.7 Å². The highest BCUT2D eigenvalue weighted by Gasteiger charge is 2.59. The first-order chi connectivity index (χ1) is 9.49. The molecule has 2 aliphatic rings. The molecular weight excluding hydrogens is 248 g/mol. The van der Waals surface area contributed by atoms with Crippen molar-refractivity contribution in [3.63, 3.8) is 0 Å². The standard InChI is InChI=1S/C17H22N2O/c1-16(2)11-8-9-17(3,10-11)14(16)19-15-18-12-6-4-5-7-13(12)20-15/h4-7,11,14H,8-10H2,1-3H3,(H,18,19). The largest absolute Gasteiger partial charge is 0.424 e. The molecule has 2 fully saturated rings. The molecule has 0 aliphatic heterocycles. The number of hydrogen-bond acceptors (Lipinski definition) is 3.